The van der Waals surface area contributed by atoms with Gasteiger partial charge in [0.05, 0.1) is 50.7 Å². The molecule has 2 fully saturated rings. The Morgan fingerprint density at radius 3 is 2.63 bits per heavy atom. The van der Waals surface area contributed by atoms with Crippen LogP contribution in [0, 0.1) is 17.2 Å². The molecule has 2 aliphatic heterocycles. The van der Waals surface area contributed by atoms with Gasteiger partial charge in [-0.2, -0.15) is 10.2 Å². The summed E-state index contributed by atoms with van der Waals surface area (Å²) in [4.78, 5) is 20.2. The van der Waals surface area contributed by atoms with E-state index in [0.717, 1.165) is 86.4 Å². The summed E-state index contributed by atoms with van der Waals surface area (Å²) >= 11 is 0. The monoisotopic (exact) mass is 642 g/mol. The van der Waals surface area contributed by atoms with Crippen molar-refractivity contribution in [1.82, 2.24) is 29.1 Å². The van der Waals surface area contributed by atoms with Gasteiger partial charge in [-0.3, -0.25) is 0 Å². The number of ether oxygens (including phenoxy) is 3. The summed E-state index contributed by atoms with van der Waals surface area (Å²) < 4.78 is 26.0. The van der Waals surface area contributed by atoms with Crippen molar-refractivity contribution in [3.63, 3.8) is 0 Å². The Bertz CT molecular complexity index is 1720. The molecule has 5 aromatic rings. The van der Waals surface area contributed by atoms with Gasteiger partial charge >= 0.3 is 0 Å². The molecule has 0 aromatic carbocycles. The standard InChI is InChI=1S/C29H34N8O2Si.C4H8O2/c1-40(2,3)16-15-38-20-37-14-9-23-26(32-19-33-27(23)37)22-8-12-35(18-22)25(6-10-30)21-7-13-36(17-21)29-34-24-5-4-11-31-28(24)39-29;1-2-6-4-3-5-1/h4-5,8-9,11-12,14,18-19,21,25H,6-7,13,15-17,20H2,1-3H3;1-4H2. The molecular formula is C33H42N8O4Si. The van der Waals surface area contributed by atoms with E-state index in [-0.39, 0.29) is 12.0 Å². The van der Waals surface area contributed by atoms with Crippen LogP contribution in [0.4, 0.5) is 6.01 Å². The largest absolute Gasteiger partial charge is 0.404 e. The van der Waals surface area contributed by atoms with Crippen LogP contribution >= 0.6 is 0 Å². The van der Waals surface area contributed by atoms with Crippen LogP contribution in [-0.4, -0.2) is 83.3 Å². The van der Waals surface area contributed by atoms with Crippen LogP contribution in [0.3, 0.4) is 0 Å². The van der Waals surface area contributed by atoms with Crippen LogP contribution in [0.2, 0.25) is 25.7 Å². The number of aromatic nitrogens is 6. The number of oxazole rings is 1. The molecule has 2 aliphatic rings. The van der Waals surface area contributed by atoms with Gasteiger partial charge in [-0.15, -0.1) is 0 Å². The Morgan fingerprint density at radius 1 is 1.07 bits per heavy atom. The van der Waals surface area contributed by atoms with Crippen LogP contribution in [-0.2, 0) is 20.9 Å². The van der Waals surface area contributed by atoms with E-state index >= 15 is 0 Å². The first-order chi connectivity index (χ1) is 22.4. The summed E-state index contributed by atoms with van der Waals surface area (Å²) in [6.45, 7) is 13.0. The molecule has 5 aromatic heterocycles. The maximum absolute atomic E-state index is 9.69. The Labute approximate surface area is 269 Å². The molecular weight excluding hydrogens is 601 g/mol. The van der Waals surface area contributed by atoms with Gasteiger partial charge < -0.3 is 32.7 Å². The molecule has 242 valence electrons. The minimum Gasteiger partial charge on any atom is -0.404 e. The van der Waals surface area contributed by atoms with E-state index in [4.69, 9.17) is 18.6 Å². The lowest BCUT2D eigenvalue weighted by Crippen LogP contribution is -2.24. The lowest BCUT2D eigenvalue weighted by atomic mass is 9.96. The highest BCUT2D eigenvalue weighted by atomic mass is 28.3. The van der Waals surface area contributed by atoms with Crippen LogP contribution in [0.25, 0.3) is 33.5 Å². The van der Waals surface area contributed by atoms with Crippen molar-refractivity contribution < 1.29 is 18.6 Å². The second kappa shape index (κ2) is 14.6. The van der Waals surface area contributed by atoms with Gasteiger partial charge in [0, 0.05) is 63.5 Å². The van der Waals surface area contributed by atoms with Gasteiger partial charge in [0.25, 0.3) is 6.01 Å². The maximum atomic E-state index is 9.69. The van der Waals surface area contributed by atoms with E-state index in [9.17, 15) is 5.26 Å². The van der Waals surface area contributed by atoms with E-state index in [1.165, 1.54) is 0 Å². The number of anilines is 1. The Morgan fingerprint density at radius 2 is 1.89 bits per heavy atom. The Kier molecular flexibility index (Phi) is 10.1. The van der Waals surface area contributed by atoms with Crippen molar-refractivity contribution in [3.8, 4) is 17.3 Å². The highest BCUT2D eigenvalue weighted by Crippen LogP contribution is 2.35. The molecule has 0 saturated carbocycles. The van der Waals surface area contributed by atoms with Gasteiger partial charge in [0.2, 0.25) is 5.71 Å². The van der Waals surface area contributed by atoms with Crippen LogP contribution < -0.4 is 4.90 Å². The molecule has 2 atom stereocenters. The fourth-order valence-corrected chi connectivity index (χ4v) is 6.61. The zero-order valence-corrected chi connectivity index (χ0v) is 27.8. The first-order valence-electron chi connectivity index (χ1n) is 15.9. The van der Waals surface area contributed by atoms with Gasteiger partial charge in [-0.05, 0) is 42.6 Å². The van der Waals surface area contributed by atoms with Gasteiger partial charge in [0.15, 0.2) is 0 Å². The van der Waals surface area contributed by atoms with Crippen molar-refractivity contribution >= 4 is 36.4 Å². The molecule has 0 N–H and O–H groups in total. The number of nitriles is 1. The number of pyridine rings is 1. The summed E-state index contributed by atoms with van der Waals surface area (Å²) in [5.74, 6) is 0.280. The number of nitrogens with zero attached hydrogens (tertiary/aromatic N) is 8. The fourth-order valence-electron chi connectivity index (χ4n) is 5.86. The molecule has 13 heteroatoms. The normalized spacial score (nSPS) is 17.6. The number of hydrogen-bond donors (Lipinski definition) is 0. The highest BCUT2D eigenvalue weighted by molar-refractivity contribution is 6.76. The van der Waals surface area contributed by atoms with Crippen molar-refractivity contribution in [1.29, 1.82) is 5.26 Å². The maximum Gasteiger partial charge on any atom is 0.299 e. The average molecular weight is 643 g/mol. The predicted molar refractivity (Wildman–Crippen MR) is 178 cm³/mol. The lowest BCUT2D eigenvalue weighted by Gasteiger charge is -2.23. The van der Waals surface area contributed by atoms with E-state index < -0.39 is 8.07 Å². The molecule has 0 bridgehead atoms. The predicted octanol–water partition coefficient (Wildman–Crippen LogP) is 5.76. The second-order valence-electron chi connectivity index (χ2n) is 12.9. The molecule has 46 heavy (non-hydrogen) atoms. The summed E-state index contributed by atoms with van der Waals surface area (Å²) in [5.41, 5.74) is 4.05. The summed E-state index contributed by atoms with van der Waals surface area (Å²) in [5, 5.41) is 10.7. The second-order valence-corrected chi connectivity index (χ2v) is 18.5. The third kappa shape index (κ3) is 7.64. The zero-order valence-electron chi connectivity index (χ0n) is 26.8. The first kappa shape index (κ1) is 31.9. The van der Waals surface area contributed by atoms with E-state index in [1.807, 2.05) is 22.9 Å². The van der Waals surface area contributed by atoms with Crippen LogP contribution in [0.1, 0.15) is 18.9 Å². The van der Waals surface area contributed by atoms with Crippen molar-refractivity contribution in [2.75, 3.05) is 51.0 Å². The molecule has 0 aliphatic carbocycles. The Balaban J connectivity index is 0.000000557. The molecule has 0 spiro atoms. The van der Waals surface area contributed by atoms with Crippen molar-refractivity contribution in [3.05, 3.63) is 55.4 Å². The third-order valence-electron chi connectivity index (χ3n) is 8.39. The molecule has 0 amide bonds. The Hall–Kier alpha value is -4.09. The number of fused-ring (bicyclic) bond motifs is 2. The third-order valence-corrected chi connectivity index (χ3v) is 10.1. The molecule has 7 heterocycles. The molecule has 7 rings (SSSR count). The lowest BCUT2D eigenvalue weighted by molar-refractivity contribution is -0.0334. The summed E-state index contributed by atoms with van der Waals surface area (Å²) in [6, 6.07) is 12.1. The van der Waals surface area contributed by atoms with Gasteiger partial charge in [0.1, 0.15) is 24.2 Å². The topological polar surface area (TPSA) is 129 Å². The van der Waals surface area contributed by atoms with Crippen molar-refractivity contribution in [2.24, 2.45) is 5.92 Å². The molecule has 12 nitrogen and oxygen atoms in total. The van der Waals surface area contributed by atoms with E-state index in [2.05, 4.69) is 79.6 Å². The SMILES string of the molecule is C1COCCO1.C[Si](C)(C)CCOCn1ccc2c(-c3ccn(C(CC#N)C4CCN(c5nc6cccnc6o5)C4)c3)ncnc21. The van der Waals surface area contributed by atoms with Gasteiger partial charge in [-0.25, -0.2) is 15.0 Å². The fraction of sp³-hybridized carbons (Fsp3) is 0.485. The quantitative estimate of drug-likeness (QED) is 0.137. The van der Waals surface area contributed by atoms with Crippen LogP contribution in [0.5, 0.6) is 0 Å². The highest BCUT2D eigenvalue weighted by Gasteiger charge is 2.33. The minimum atomic E-state index is -1.13. The zero-order chi connectivity index (χ0) is 31.9. The molecule has 2 saturated heterocycles. The summed E-state index contributed by atoms with van der Waals surface area (Å²) in [6.07, 6.45) is 10.9. The van der Waals surface area contributed by atoms with Crippen molar-refractivity contribution in [2.45, 2.75) is 51.3 Å². The minimum absolute atomic E-state index is 0.0351. The van der Waals surface area contributed by atoms with E-state index in [0.29, 0.717) is 24.9 Å². The summed E-state index contributed by atoms with van der Waals surface area (Å²) in [7, 11) is -1.13. The smallest absolute Gasteiger partial charge is 0.299 e. The number of hydrogen-bond acceptors (Lipinski definition) is 10. The molecule has 2 unspecified atom stereocenters. The van der Waals surface area contributed by atoms with E-state index in [1.54, 1.807) is 12.5 Å². The number of rotatable bonds is 10. The first-order valence-corrected chi connectivity index (χ1v) is 19.6. The van der Waals surface area contributed by atoms with Gasteiger partial charge in [-0.1, -0.05) is 19.6 Å². The molecule has 0 radical (unpaired) electrons. The van der Waals surface area contributed by atoms with Crippen LogP contribution in [0.15, 0.2) is 59.8 Å². The average Bonchev–Trinajstić information content (AvgIpc) is 3.88.